The molecule has 0 amide bonds. The fourth-order valence-electron chi connectivity index (χ4n) is 3.22. The zero-order valence-corrected chi connectivity index (χ0v) is 17.3. The lowest BCUT2D eigenvalue weighted by Gasteiger charge is -2.05. The zero-order chi connectivity index (χ0) is 21.1. The normalized spacial score (nSPS) is 10.7. The molecule has 0 saturated carbocycles. The van der Waals surface area contributed by atoms with Gasteiger partial charge in [0, 0.05) is 11.8 Å². The summed E-state index contributed by atoms with van der Waals surface area (Å²) < 4.78 is 10.5. The van der Waals surface area contributed by atoms with Crippen molar-refractivity contribution in [2.45, 2.75) is 6.42 Å². The third-order valence-corrected chi connectivity index (χ3v) is 5.85. The van der Waals surface area contributed by atoms with E-state index in [1.807, 2.05) is 48.5 Å². The van der Waals surface area contributed by atoms with E-state index in [9.17, 15) is 9.90 Å². The monoisotopic (exact) mass is 420 g/mol. The molecule has 0 aliphatic rings. The van der Waals surface area contributed by atoms with Gasteiger partial charge in [0.05, 0.1) is 36.9 Å². The minimum absolute atomic E-state index is 0.0614. The Labute approximate surface area is 177 Å². The van der Waals surface area contributed by atoms with Crippen molar-refractivity contribution in [1.82, 2.24) is 9.97 Å². The van der Waals surface area contributed by atoms with Crippen molar-refractivity contribution in [3.05, 3.63) is 66.4 Å². The van der Waals surface area contributed by atoms with Gasteiger partial charge < -0.3 is 19.6 Å². The molecule has 0 aliphatic heterocycles. The summed E-state index contributed by atoms with van der Waals surface area (Å²) in [5, 5.41) is 9.96. The van der Waals surface area contributed by atoms with Gasteiger partial charge in [0.15, 0.2) is 0 Å². The van der Waals surface area contributed by atoms with Crippen molar-refractivity contribution in [1.29, 1.82) is 0 Å². The van der Waals surface area contributed by atoms with E-state index in [0.717, 1.165) is 43.9 Å². The van der Waals surface area contributed by atoms with E-state index >= 15 is 0 Å². The SMILES string of the molecule is COc1ccc(-c2nc(-c3[nH]ccc3CC(=O)O)sc2-c2ccc(OC)cc2)cc1. The van der Waals surface area contributed by atoms with Crippen LogP contribution < -0.4 is 9.47 Å². The van der Waals surface area contributed by atoms with Crippen LogP contribution in [-0.2, 0) is 11.2 Å². The second-order valence-corrected chi connectivity index (χ2v) is 7.60. The molecular formula is C23H20N2O4S. The van der Waals surface area contributed by atoms with Crippen LogP contribution in [0.25, 0.3) is 32.4 Å². The minimum Gasteiger partial charge on any atom is -0.497 e. The molecule has 0 aliphatic carbocycles. The standard InChI is InChI=1S/C23H20N2O4S/c1-28-17-7-3-14(4-8-17)20-22(15-5-9-18(29-2)10-6-15)30-23(25-20)21-16(11-12-24-21)13-19(26)27/h3-12,24H,13H2,1-2H3,(H,26,27). The number of aromatic nitrogens is 2. The fraction of sp³-hybridized carbons (Fsp3) is 0.130. The molecule has 0 unspecified atom stereocenters. The average molecular weight is 420 g/mol. The largest absolute Gasteiger partial charge is 0.497 e. The highest BCUT2D eigenvalue weighted by Crippen LogP contribution is 2.41. The third-order valence-electron chi connectivity index (χ3n) is 4.73. The Balaban J connectivity index is 1.84. The van der Waals surface area contributed by atoms with Gasteiger partial charge in [-0.25, -0.2) is 4.98 Å². The van der Waals surface area contributed by atoms with Crippen LogP contribution in [0.15, 0.2) is 60.8 Å². The summed E-state index contributed by atoms with van der Waals surface area (Å²) in [7, 11) is 3.27. The number of rotatable bonds is 7. The first-order valence-corrected chi connectivity index (χ1v) is 10.1. The molecule has 2 N–H and O–H groups in total. The zero-order valence-electron chi connectivity index (χ0n) is 16.5. The maximum Gasteiger partial charge on any atom is 0.307 e. The predicted octanol–water partition coefficient (Wildman–Crippen LogP) is 5.12. The maximum absolute atomic E-state index is 11.2. The molecule has 30 heavy (non-hydrogen) atoms. The molecule has 0 bridgehead atoms. The molecule has 0 fully saturated rings. The molecule has 7 heteroatoms. The van der Waals surface area contributed by atoms with Gasteiger partial charge in [-0.2, -0.15) is 0 Å². The van der Waals surface area contributed by atoms with Crippen molar-refractivity contribution in [3.63, 3.8) is 0 Å². The van der Waals surface area contributed by atoms with Gasteiger partial charge in [-0.3, -0.25) is 4.79 Å². The van der Waals surface area contributed by atoms with Gasteiger partial charge in [0.25, 0.3) is 0 Å². The van der Waals surface area contributed by atoms with Gasteiger partial charge in [-0.1, -0.05) is 0 Å². The number of aromatic amines is 1. The topological polar surface area (TPSA) is 84.4 Å². The lowest BCUT2D eigenvalue weighted by molar-refractivity contribution is -0.136. The van der Waals surface area contributed by atoms with E-state index in [1.54, 1.807) is 26.5 Å². The lowest BCUT2D eigenvalue weighted by Crippen LogP contribution is -2.00. The van der Waals surface area contributed by atoms with Crippen molar-refractivity contribution in [3.8, 4) is 43.9 Å². The number of carboxylic acid groups (broad SMARTS) is 1. The Hall–Kier alpha value is -3.58. The number of benzene rings is 2. The molecule has 0 saturated heterocycles. The number of H-pyrrole nitrogens is 1. The first-order chi connectivity index (χ1) is 14.6. The Morgan fingerprint density at radius 1 is 0.967 bits per heavy atom. The number of nitrogens with zero attached hydrogens (tertiary/aromatic N) is 1. The van der Waals surface area contributed by atoms with Crippen molar-refractivity contribution < 1.29 is 19.4 Å². The van der Waals surface area contributed by atoms with E-state index in [4.69, 9.17) is 14.5 Å². The van der Waals surface area contributed by atoms with Crippen LogP contribution in [0.4, 0.5) is 0 Å². The molecule has 0 spiro atoms. The van der Waals surface area contributed by atoms with E-state index in [-0.39, 0.29) is 6.42 Å². The highest BCUT2D eigenvalue weighted by molar-refractivity contribution is 7.18. The Bertz CT molecular complexity index is 1100. The summed E-state index contributed by atoms with van der Waals surface area (Å²) in [6.45, 7) is 0. The average Bonchev–Trinajstić information content (AvgIpc) is 3.40. The summed E-state index contributed by atoms with van der Waals surface area (Å²) >= 11 is 1.52. The lowest BCUT2D eigenvalue weighted by atomic mass is 10.1. The van der Waals surface area contributed by atoms with Crippen LogP contribution >= 0.6 is 11.3 Å². The van der Waals surface area contributed by atoms with E-state index in [1.165, 1.54) is 11.3 Å². The molecule has 152 valence electrons. The summed E-state index contributed by atoms with van der Waals surface area (Å²) in [6.07, 6.45) is 1.68. The van der Waals surface area contributed by atoms with Gasteiger partial charge in [-0.15, -0.1) is 11.3 Å². The van der Waals surface area contributed by atoms with Gasteiger partial charge in [0.1, 0.15) is 16.5 Å². The van der Waals surface area contributed by atoms with E-state index < -0.39 is 5.97 Å². The van der Waals surface area contributed by atoms with Crippen molar-refractivity contribution >= 4 is 17.3 Å². The van der Waals surface area contributed by atoms with Gasteiger partial charge in [0.2, 0.25) is 0 Å². The quantitative estimate of drug-likeness (QED) is 0.434. The second kappa shape index (κ2) is 8.42. The fourth-order valence-corrected chi connectivity index (χ4v) is 4.36. The highest BCUT2D eigenvalue weighted by Gasteiger charge is 2.19. The first kappa shape index (κ1) is 19.7. The summed E-state index contributed by atoms with van der Waals surface area (Å²) in [4.78, 5) is 20.3. The summed E-state index contributed by atoms with van der Waals surface area (Å²) in [6, 6.07) is 17.3. The molecule has 4 rings (SSSR count). The minimum atomic E-state index is -0.877. The van der Waals surface area contributed by atoms with Crippen molar-refractivity contribution in [2.75, 3.05) is 14.2 Å². The number of ether oxygens (including phenoxy) is 2. The molecule has 4 aromatic rings. The Morgan fingerprint density at radius 2 is 1.57 bits per heavy atom. The maximum atomic E-state index is 11.2. The van der Waals surface area contributed by atoms with E-state index in [0.29, 0.717) is 5.56 Å². The number of nitrogens with one attached hydrogen (secondary N) is 1. The molecule has 0 atom stereocenters. The number of methoxy groups -OCH3 is 2. The van der Waals surface area contributed by atoms with Crippen molar-refractivity contribution in [2.24, 2.45) is 0 Å². The van der Waals surface area contributed by atoms with Crippen LogP contribution in [-0.4, -0.2) is 35.3 Å². The van der Waals surface area contributed by atoms with E-state index in [2.05, 4.69) is 4.98 Å². The third kappa shape index (κ3) is 3.92. The number of hydrogen-bond donors (Lipinski definition) is 2. The number of carboxylic acids is 1. The number of hydrogen-bond acceptors (Lipinski definition) is 5. The first-order valence-electron chi connectivity index (χ1n) is 9.27. The molecule has 2 aromatic carbocycles. The molecule has 0 radical (unpaired) electrons. The van der Waals surface area contributed by atoms with Crippen LogP contribution in [0.3, 0.4) is 0 Å². The van der Waals surface area contributed by atoms with Crippen LogP contribution in [0, 0.1) is 0 Å². The van der Waals surface area contributed by atoms with Gasteiger partial charge >= 0.3 is 5.97 Å². The molecule has 6 nitrogen and oxygen atoms in total. The number of aliphatic carboxylic acids is 1. The Kier molecular flexibility index (Phi) is 5.54. The molecular weight excluding hydrogens is 400 g/mol. The highest BCUT2D eigenvalue weighted by atomic mass is 32.1. The van der Waals surface area contributed by atoms with Crippen LogP contribution in [0.5, 0.6) is 11.5 Å². The van der Waals surface area contributed by atoms with Gasteiger partial charge in [-0.05, 0) is 65.7 Å². The molecule has 2 heterocycles. The second-order valence-electron chi connectivity index (χ2n) is 6.60. The molecule has 2 aromatic heterocycles. The van der Waals surface area contributed by atoms with Crippen LogP contribution in [0.1, 0.15) is 5.56 Å². The Morgan fingerprint density at radius 3 is 2.13 bits per heavy atom. The number of carbonyl (C=O) groups is 1. The smallest absolute Gasteiger partial charge is 0.307 e. The predicted molar refractivity (Wildman–Crippen MR) is 117 cm³/mol. The van der Waals surface area contributed by atoms with Crippen LogP contribution in [0.2, 0.25) is 0 Å². The summed E-state index contributed by atoms with van der Waals surface area (Å²) in [5.74, 6) is 0.675. The summed E-state index contributed by atoms with van der Waals surface area (Å²) in [5.41, 5.74) is 4.24. The number of thiazole rings is 1.